The van der Waals surface area contributed by atoms with E-state index in [4.69, 9.17) is 0 Å². The van der Waals surface area contributed by atoms with Crippen LogP contribution in [0.5, 0.6) is 0 Å². The van der Waals surface area contributed by atoms with Crippen LogP contribution in [0.25, 0.3) is 0 Å². The molecular formula is C22H31NO2S. The van der Waals surface area contributed by atoms with Gasteiger partial charge in [0.25, 0.3) is 0 Å². The van der Waals surface area contributed by atoms with Gasteiger partial charge >= 0.3 is 0 Å². The number of sulfonamides is 1. The smallest absolute Gasteiger partial charge is 0.207 e. The third kappa shape index (κ3) is 3.86. The molecule has 2 rings (SSSR count). The minimum absolute atomic E-state index is 0.290. The summed E-state index contributed by atoms with van der Waals surface area (Å²) in [4.78, 5) is 0.420. The molecule has 142 valence electrons. The van der Waals surface area contributed by atoms with Crippen LogP contribution in [0.1, 0.15) is 71.7 Å². The van der Waals surface area contributed by atoms with Gasteiger partial charge in [0.15, 0.2) is 0 Å². The summed E-state index contributed by atoms with van der Waals surface area (Å²) >= 11 is 0. The third-order valence-electron chi connectivity index (χ3n) is 5.63. The van der Waals surface area contributed by atoms with Gasteiger partial charge in [0.2, 0.25) is 10.0 Å². The van der Waals surface area contributed by atoms with Gasteiger partial charge in [-0.25, -0.2) is 13.1 Å². The predicted molar refractivity (Wildman–Crippen MR) is 109 cm³/mol. The van der Waals surface area contributed by atoms with E-state index in [2.05, 4.69) is 30.7 Å². The Bertz CT molecular complexity index is 881. The van der Waals surface area contributed by atoms with Crippen molar-refractivity contribution in [3.8, 4) is 0 Å². The van der Waals surface area contributed by atoms with E-state index in [1.165, 1.54) is 5.56 Å². The molecule has 0 heterocycles. The lowest BCUT2D eigenvalue weighted by molar-refractivity contribution is 0.565. The van der Waals surface area contributed by atoms with Gasteiger partial charge in [-0.3, -0.25) is 0 Å². The number of nitrogens with one attached hydrogen (secondary N) is 1. The van der Waals surface area contributed by atoms with Crippen molar-refractivity contribution >= 4 is 10.0 Å². The fourth-order valence-electron chi connectivity index (χ4n) is 3.40. The SMILES string of the molecule is Cc1c(C)c(C)c(S(=O)(=O)NC(C)c2ccc(C(C)C)cc2)c(C)c1C. The molecule has 26 heavy (non-hydrogen) atoms. The van der Waals surface area contributed by atoms with Crippen molar-refractivity contribution in [2.75, 3.05) is 0 Å². The van der Waals surface area contributed by atoms with Gasteiger partial charge in [0.05, 0.1) is 4.90 Å². The van der Waals surface area contributed by atoms with E-state index < -0.39 is 10.0 Å². The van der Waals surface area contributed by atoms with E-state index in [9.17, 15) is 8.42 Å². The molecule has 0 aliphatic rings. The fourth-order valence-corrected chi connectivity index (χ4v) is 5.23. The molecule has 0 fully saturated rings. The molecule has 0 saturated carbocycles. The van der Waals surface area contributed by atoms with Crippen molar-refractivity contribution in [1.29, 1.82) is 0 Å². The van der Waals surface area contributed by atoms with Gasteiger partial charge in [-0.1, -0.05) is 38.1 Å². The lowest BCUT2D eigenvalue weighted by Gasteiger charge is -2.21. The van der Waals surface area contributed by atoms with Gasteiger partial charge in [-0.2, -0.15) is 0 Å². The molecule has 0 amide bonds. The monoisotopic (exact) mass is 373 g/mol. The van der Waals surface area contributed by atoms with Crippen LogP contribution in [0.2, 0.25) is 0 Å². The number of hydrogen-bond donors (Lipinski definition) is 1. The summed E-state index contributed by atoms with van der Waals surface area (Å²) in [6.07, 6.45) is 0. The Morgan fingerprint density at radius 3 is 1.50 bits per heavy atom. The highest BCUT2D eigenvalue weighted by atomic mass is 32.2. The first kappa shape index (κ1) is 20.7. The average Bonchev–Trinajstić information content (AvgIpc) is 2.57. The predicted octanol–water partition coefficient (Wildman–Crippen LogP) is 5.39. The minimum atomic E-state index is -3.61. The van der Waals surface area contributed by atoms with Crippen LogP contribution >= 0.6 is 0 Å². The van der Waals surface area contributed by atoms with Gasteiger partial charge in [0.1, 0.15) is 0 Å². The quantitative estimate of drug-likeness (QED) is 0.763. The van der Waals surface area contributed by atoms with E-state index in [1.54, 1.807) is 0 Å². The number of rotatable bonds is 5. The van der Waals surface area contributed by atoms with E-state index in [-0.39, 0.29) is 6.04 Å². The van der Waals surface area contributed by atoms with Crippen LogP contribution in [0, 0.1) is 34.6 Å². The largest absolute Gasteiger partial charge is 0.241 e. The second-order valence-corrected chi connectivity index (χ2v) is 9.27. The number of benzene rings is 2. The maximum Gasteiger partial charge on any atom is 0.241 e. The first-order valence-corrected chi connectivity index (χ1v) is 10.6. The second-order valence-electron chi connectivity index (χ2n) is 7.62. The molecule has 0 bridgehead atoms. The molecule has 4 heteroatoms. The van der Waals surface area contributed by atoms with Crippen molar-refractivity contribution < 1.29 is 8.42 Å². The Balaban J connectivity index is 2.40. The first-order chi connectivity index (χ1) is 12.0. The zero-order chi connectivity index (χ0) is 19.8. The maximum atomic E-state index is 13.1. The normalized spacial score (nSPS) is 13.3. The molecule has 1 unspecified atom stereocenters. The lowest BCUT2D eigenvalue weighted by atomic mass is 9.95. The van der Waals surface area contributed by atoms with E-state index >= 15 is 0 Å². The van der Waals surface area contributed by atoms with Gasteiger partial charge in [-0.05, 0) is 86.4 Å². The van der Waals surface area contributed by atoms with Crippen molar-refractivity contribution in [3.63, 3.8) is 0 Å². The molecule has 0 spiro atoms. The zero-order valence-corrected chi connectivity index (χ0v) is 18.0. The molecule has 0 aromatic heterocycles. The summed E-state index contributed by atoms with van der Waals surface area (Å²) in [5.41, 5.74) is 7.14. The molecule has 1 N–H and O–H groups in total. The van der Waals surface area contributed by atoms with Crippen LogP contribution in [-0.2, 0) is 10.0 Å². The summed E-state index contributed by atoms with van der Waals surface area (Å²) in [6.45, 7) is 16.0. The lowest BCUT2D eigenvalue weighted by Crippen LogP contribution is -2.28. The Morgan fingerprint density at radius 1 is 0.692 bits per heavy atom. The highest BCUT2D eigenvalue weighted by molar-refractivity contribution is 7.89. The first-order valence-electron chi connectivity index (χ1n) is 9.16. The molecule has 0 radical (unpaired) electrons. The van der Waals surface area contributed by atoms with Gasteiger partial charge < -0.3 is 0 Å². The number of hydrogen-bond acceptors (Lipinski definition) is 2. The topological polar surface area (TPSA) is 46.2 Å². The van der Waals surface area contributed by atoms with Crippen LogP contribution in [-0.4, -0.2) is 8.42 Å². The van der Waals surface area contributed by atoms with E-state index in [1.807, 2.05) is 53.7 Å². The Kier molecular flexibility index (Phi) is 5.99. The minimum Gasteiger partial charge on any atom is -0.207 e. The Morgan fingerprint density at radius 2 is 1.08 bits per heavy atom. The Hall–Kier alpha value is -1.65. The van der Waals surface area contributed by atoms with Crippen molar-refractivity contribution in [2.45, 2.75) is 72.2 Å². The summed E-state index contributed by atoms with van der Waals surface area (Å²) < 4.78 is 29.1. The fraction of sp³-hybridized carbons (Fsp3) is 0.455. The molecule has 2 aromatic rings. The second kappa shape index (κ2) is 7.53. The molecule has 3 nitrogen and oxygen atoms in total. The molecule has 1 atom stereocenters. The van der Waals surface area contributed by atoms with Gasteiger partial charge in [-0.15, -0.1) is 0 Å². The summed E-state index contributed by atoms with van der Waals surface area (Å²) in [5, 5.41) is 0. The van der Waals surface area contributed by atoms with Crippen LogP contribution in [0.3, 0.4) is 0 Å². The van der Waals surface area contributed by atoms with Crippen molar-refractivity contribution in [2.24, 2.45) is 0 Å². The highest BCUT2D eigenvalue weighted by Gasteiger charge is 2.25. The van der Waals surface area contributed by atoms with Crippen LogP contribution in [0.15, 0.2) is 29.2 Å². The van der Waals surface area contributed by atoms with E-state index in [0.717, 1.165) is 33.4 Å². The molecular weight excluding hydrogens is 342 g/mol. The standard InChI is InChI=1S/C22H31NO2S/c1-13(2)20-9-11-21(12-10-20)19(8)23-26(24,25)22-17(6)15(4)14(3)16(5)18(22)7/h9-13,19,23H,1-8H3. The summed E-state index contributed by atoms with van der Waals surface area (Å²) in [7, 11) is -3.61. The van der Waals surface area contributed by atoms with Crippen molar-refractivity contribution in [1.82, 2.24) is 4.72 Å². The van der Waals surface area contributed by atoms with E-state index in [0.29, 0.717) is 10.8 Å². The molecule has 0 aliphatic heterocycles. The summed E-state index contributed by atoms with van der Waals surface area (Å²) in [5.74, 6) is 0.458. The maximum absolute atomic E-state index is 13.1. The van der Waals surface area contributed by atoms with Crippen LogP contribution < -0.4 is 4.72 Å². The van der Waals surface area contributed by atoms with Gasteiger partial charge in [0, 0.05) is 6.04 Å². The highest BCUT2D eigenvalue weighted by Crippen LogP contribution is 2.30. The molecule has 0 aliphatic carbocycles. The molecule has 0 saturated heterocycles. The molecule has 2 aromatic carbocycles. The Labute approximate surface area is 158 Å². The van der Waals surface area contributed by atoms with Crippen LogP contribution in [0.4, 0.5) is 0 Å². The summed E-state index contributed by atoms with van der Waals surface area (Å²) in [6, 6.07) is 7.87. The average molecular weight is 374 g/mol. The zero-order valence-electron chi connectivity index (χ0n) is 17.2. The van der Waals surface area contributed by atoms with Crippen molar-refractivity contribution in [3.05, 3.63) is 63.2 Å². The third-order valence-corrected chi connectivity index (χ3v) is 7.45.